The number of rotatable bonds is 6. The van der Waals surface area contributed by atoms with Crippen molar-refractivity contribution in [2.75, 3.05) is 13.1 Å². The molecule has 3 amide bonds. The van der Waals surface area contributed by atoms with Crippen LogP contribution in [0.5, 0.6) is 0 Å². The Balaban J connectivity index is 1.41. The van der Waals surface area contributed by atoms with E-state index >= 15 is 0 Å². The van der Waals surface area contributed by atoms with Gasteiger partial charge in [0.15, 0.2) is 0 Å². The number of carbonyl (C=O) groups excluding carboxylic acids is 3. The molecule has 2 aromatic rings. The van der Waals surface area contributed by atoms with Crippen LogP contribution in [0.1, 0.15) is 54.6 Å². The van der Waals surface area contributed by atoms with Crippen LogP contribution in [0.4, 0.5) is 22.0 Å². The van der Waals surface area contributed by atoms with Gasteiger partial charge in [-0.1, -0.05) is 0 Å². The van der Waals surface area contributed by atoms with Crippen LogP contribution in [0.25, 0.3) is 10.9 Å². The summed E-state index contributed by atoms with van der Waals surface area (Å²) in [6.07, 6.45) is -2.88. The van der Waals surface area contributed by atoms with Crippen molar-refractivity contribution in [1.82, 2.24) is 20.5 Å². The zero-order valence-corrected chi connectivity index (χ0v) is 20.7. The van der Waals surface area contributed by atoms with Crippen LogP contribution in [0, 0.1) is 34.9 Å². The van der Waals surface area contributed by atoms with Gasteiger partial charge in [-0.2, -0.15) is 5.26 Å². The number of nitriles is 1. The average Bonchev–Trinajstić information content (AvgIpc) is 3.53. The number of aromatic nitrogens is 1. The number of hydrogen-bond donors (Lipinski definition) is 3. The Morgan fingerprint density at radius 3 is 2.69 bits per heavy atom. The smallest absolute Gasteiger partial charge is 0.271 e. The highest BCUT2D eigenvalue weighted by atomic mass is 19.3. The molecule has 8 nitrogen and oxygen atoms in total. The minimum absolute atomic E-state index is 0.0307. The second kappa shape index (κ2) is 10.1. The van der Waals surface area contributed by atoms with Gasteiger partial charge in [0.05, 0.1) is 6.07 Å². The van der Waals surface area contributed by atoms with E-state index in [1.165, 1.54) is 0 Å². The number of alkyl halides is 4. The molecule has 0 spiro atoms. The number of halogens is 5. The Bertz CT molecular complexity index is 1360. The van der Waals surface area contributed by atoms with Crippen LogP contribution in [-0.4, -0.2) is 58.7 Å². The molecule has 0 unspecified atom stereocenters. The van der Waals surface area contributed by atoms with Crippen molar-refractivity contribution >= 4 is 28.6 Å². The number of H-pyrrole nitrogens is 1. The third-order valence-corrected chi connectivity index (χ3v) is 7.99. The number of benzene rings is 1. The lowest BCUT2D eigenvalue weighted by atomic mass is 9.90. The minimum Gasteiger partial charge on any atom is -0.356 e. The predicted molar refractivity (Wildman–Crippen MR) is 127 cm³/mol. The third kappa shape index (κ3) is 5.16. The molecule has 0 bridgehead atoms. The molecule has 0 radical (unpaired) electrons. The van der Waals surface area contributed by atoms with Gasteiger partial charge in [0.25, 0.3) is 12.3 Å². The highest BCUT2D eigenvalue weighted by Gasteiger charge is 2.58. The fourth-order valence-electron chi connectivity index (χ4n) is 6.27. The van der Waals surface area contributed by atoms with Crippen molar-refractivity contribution in [1.29, 1.82) is 5.26 Å². The van der Waals surface area contributed by atoms with E-state index in [9.17, 15) is 41.6 Å². The molecule has 2 aliphatic heterocycles. The largest absolute Gasteiger partial charge is 0.356 e. The Labute approximate surface area is 219 Å². The number of nitrogens with zero attached hydrogens (tertiary/aromatic N) is 2. The highest BCUT2D eigenvalue weighted by molar-refractivity contribution is 6.01. The molecule has 3 aliphatic rings. The van der Waals surface area contributed by atoms with Crippen LogP contribution < -0.4 is 10.6 Å². The number of nitrogens with one attached hydrogen (secondary N) is 3. The van der Waals surface area contributed by atoms with Gasteiger partial charge in [-0.25, -0.2) is 22.0 Å². The van der Waals surface area contributed by atoms with E-state index in [0.717, 1.165) is 17.0 Å². The summed E-state index contributed by atoms with van der Waals surface area (Å²) in [5.41, 5.74) is -0.857. The fraction of sp³-hybridized carbons (Fsp3) is 0.538. The van der Waals surface area contributed by atoms with Gasteiger partial charge >= 0.3 is 0 Å². The molecule has 1 aromatic carbocycles. The molecule has 1 aliphatic carbocycles. The molecular weight excluding hydrogens is 525 g/mol. The molecule has 39 heavy (non-hydrogen) atoms. The van der Waals surface area contributed by atoms with Crippen molar-refractivity contribution in [3.8, 4) is 6.07 Å². The zero-order valence-electron chi connectivity index (χ0n) is 20.7. The lowest BCUT2D eigenvalue weighted by molar-refractivity contribution is -0.129. The van der Waals surface area contributed by atoms with Crippen LogP contribution in [0.15, 0.2) is 18.2 Å². The van der Waals surface area contributed by atoms with Crippen molar-refractivity contribution in [2.45, 2.75) is 56.5 Å². The number of fused-ring (bicyclic) bond motifs is 2. The monoisotopic (exact) mass is 551 g/mol. The summed E-state index contributed by atoms with van der Waals surface area (Å²) in [6.45, 7) is 0.347. The van der Waals surface area contributed by atoms with E-state index in [1.807, 2.05) is 6.07 Å². The number of amides is 3. The maximum absolute atomic E-state index is 14.3. The number of piperidine rings is 1. The van der Waals surface area contributed by atoms with Gasteiger partial charge in [0.1, 0.15) is 23.6 Å². The van der Waals surface area contributed by atoms with Crippen molar-refractivity contribution in [3.05, 3.63) is 35.3 Å². The first-order valence-electron chi connectivity index (χ1n) is 12.7. The summed E-state index contributed by atoms with van der Waals surface area (Å²) < 4.78 is 69.4. The Hall–Kier alpha value is -3.69. The topological polar surface area (TPSA) is 118 Å². The molecule has 3 fully saturated rings. The molecule has 2 saturated heterocycles. The maximum Gasteiger partial charge on any atom is 0.271 e. The van der Waals surface area contributed by atoms with E-state index in [0.29, 0.717) is 25.5 Å². The van der Waals surface area contributed by atoms with Crippen molar-refractivity contribution < 1.29 is 36.3 Å². The first kappa shape index (κ1) is 26.9. The van der Waals surface area contributed by atoms with Crippen LogP contribution in [0.2, 0.25) is 0 Å². The van der Waals surface area contributed by atoms with E-state index in [1.54, 1.807) is 0 Å². The Morgan fingerprint density at radius 2 is 2.00 bits per heavy atom. The summed E-state index contributed by atoms with van der Waals surface area (Å²) in [5, 5.41) is 14.8. The summed E-state index contributed by atoms with van der Waals surface area (Å²) in [7, 11) is 0. The third-order valence-electron chi connectivity index (χ3n) is 7.99. The predicted octanol–water partition coefficient (Wildman–Crippen LogP) is 3.66. The molecule has 208 valence electrons. The molecule has 13 heteroatoms. The van der Waals surface area contributed by atoms with E-state index in [-0.39, 0.29) is 35.5 Å². The van der Waals surface area contributed by atoms with Crippen LogP contribution >= 0.6 is 0 Å². The lowest BCUT2D eigenvalue weighted by Crippen LogP contribution is -2.52. The fourth-order valence-corrected chi connectivity index (χ4v) is 6.27. The number of carbonyl (C=O) groups is 3. The molecule has 3 heterocycles. The standard InChI is InChI=1S/C26H26F5N5O3/c27-14-5-17(22(28)29)16-7-20(35-19(16)6-14)25(39)36-11-13-8-26(30,31)9-18(13)21(36)24(38)34-15(10-32)4-12-2-1-3-33-23(12)37/h5-7,12-13,15,18,21-22,35H,1-4,8-9,11H2,(H,33,37)(H,34,38)/t12-,13+,15-,18+,21-/m0/s1. The first-order chi connectivity index (χ1) is 18.5. The zero-order chi connectivity index (χ0) is 28.1. The van der Waals surface area contributed by atoms with Gasteiger partial charge in [-0.3, -0.25) is 14.4 Å². The van der Waals surface area contributed by atoms with Gasteiger partial charge in [0, 0.05) is 48.3 Å². The SMILES string of the molecule is N#C[C@H](C[C@@H]1CCCNC1=O)NC(=O)[C@@H]1[C@@H]2CC(F)(F)C[C@@H]2CN1C(=O)c1cc2c(C(F)F)cc(F)cc2[nH]1. The molecule has 1 aromatic heterocycles. The molecular formula is C26H26F5N5O3. The lowest BCUT2D eigenvalue weighted by Gasteiger charge is -2.29. The van der Waals surface area contributed by atoms with Gasteiger partial charge in [-0.05, 0) is 49.3 Å². The summed E-state index contributed by atoms with van der Waals surface area (Å²) in [5.74, 6) is -7.85. The number of aromatic amines is 1. The van der Waals surface area contributed by atoms with Gasteiger partial charge < -0.3 is 20.5 Å². The summed E-state index contributed by atoms with van der Waals surface area (Å²) in [6, 6.07) is 2.27. The normalized spacial score (nSPS) is 26.8. The van der Waals surface area contributed by atoms with E-state index in [4.69, 9.17) is 0 Å². The quantitative estimate of drug-likeness (QED) is 0.475. The first-order valence-corrected chi connectivity index (χ1v) is 12.7. The maximum atomic E-state index is 14.3. The Kier molecular flexibility index (Phi) is 6.99. The summed E-state index contributed by atoms with van der Waals surface area (Å²) in [4.78, 5) is 42.8. The van der Waals surface area contributed by atoms with Crippen LogP contribution in [-0.2, 0) is 9.59 Å². The molecule has 1 saturated carbocycles. The molecule has 5 rings (SSSR count). The Morgan fingerprint density at radius 1 is 1.23 bits per heavy atom. The second-order valence-electron chi connectivity index (χ2n) is 10.6. The molecule has 5 atom stereocenters. The minimum atomic E-state index is -3.03. The second-order valence-corrected chi connectivity index (χ2v) is 10.6. The average molecular weight is 552 g/mol. The van der Waals surface area contributed by atoms with E-state index < -0.39 is 78.2 Å². The van der Waals surface area contributed by atoms with Crippen molar-refractivity contribution in [3.63, 3.8) is 0 Å². The highest BCUT2D eigenvalue weighted by Crippen LogP contribution is 2.50. The number of hydrogen-bond acceptors (Lipinski definition) is 4. The van der Waals surface area contributed by atoms with Crippen molar-refractivity contribution in [2.24, 2.45) is 17.8 Å². The van der Waals surface area contributed by atoms with Gasteiger partial charge in [-0.15, -0.1) is 0 Å². The molecule has 3 N–H and O–H groups in total. The van der Waals surface area contributed by atoms with Crippen LogP contribution in [0.3, 0.4) is 0 Å². The number of likely N-dealkylation sites (tertiary alicyclic amines) is 1. The van der Waals surface area contributed by atoms with E-state index in [2.05, 4.69) is 15.6 Å². The van der Waals surface area contributed by atoms with Gasteiger partial charge in [0.2, 0.25) is 17.7 Å². The summed E-state index contributed by atoms with van der Waals surface area (Å²) >= 11 is 0.